The number of nitro groups is 1. The van der Waals surface area contributed by atoms with E-state index < -0.39 is 22.4 Å². The lowest BCUT2D eigenvalue weighted by atomic mass is 9.94. The Morgan fingerprint density at radius 2 is 1.81 bits per heavy atom. The maximum absolute atomic E-state index is 12.9. The first-order chi connectivity index (χ1) is 15.1. The number of halogens is 3. The van der Waals surface area contributed by atoms with Gasteiger partial charge in [0.2, 0.25) is 5.91 Å². The van der Waals surface area contributed by atoms with E-state index in [1.807, 2.05) is 24.3 Å². The summed E-state index contributed by atoms with van der Waals surface area (Å²) in [7, 11) is 3.30. The number of anilines is 1. The van der Waals surface area contributed by atoms with Gasteiger partial charge < -0.3 is 14.5 Å². The van der Waals surface area contributed by atoms with Gasteiger partial charge in [0, 0.05) is 38.7 Å². The minimum absolute atomic E-state index is 0.0256. The van der Waals surface area contributed by atoms with Crippen LogP contribution in [0, 0.1) is 16.0 Å². The van der Waals surface area contributed by atoms with Crippen LogP contribution in [-0.4, -0.2) is 43.0 Å². The third-order valence-electron chi connectivity index (χ3n) is 5.64. The lowest BCUT2D eigenvalue weighted by molar-refractivity contribution is -0.384. The largest absolute Gasteiger partial charge is 0.497 e. The molecule has 1 amide bonds. The zero-order valence-electron chi connectivity index (χ0n) is 17.8. The van der Waals surface area contributed by atoms with Crippen LogP contribution in [0.5, 0.6) is 5.75 Å². The second-order valence-electron chi connectivity index (χ2n) is 7.76. The molecular formula is C22H24F3N3O4. The summed E-state index contributed by atoms with van der Waals surface area (Å²) in [4.78, 5) is 26.7. The molecule has 2 aromatic rings. The highest BCUT2D eigenvalue weighted by atomic mass is 19.4. The van der Waals surface area contributed by atoms with Crippen LogP contribution in [0.2, 0.25) is 0 Å². The minimum Gasteiger partial charge on any atom is -0.497 e. The van der Waals surface area contributed by atoms with Crippen molar-refractivity contribution in [3.8, 4) is 5.75 Å². The molecule has 0 aromatic heterocycles. The monoisotopic (exact) mass is 451 g/mol. The Balaban J connectivity index is 1.64. The van der Waals surface area contributed by atoms with Crippen molar-refractivity contribution >= 4 is 17.3 Å². The van der Waals surface area contributed by atoms with E-state index in [9.17, 15) is 28.1 Å². The van der Waals surface area contributed by atoms with Gasteiger partial charge in [-0.25, -0.2) is 0 Å². The normalized spacial score (nSPS) is 14.8. The third-order valence-corrected chi connectivity index (χ3v) is 5.64. The van der Waals surface area contributed by atoms with Gasteiger partial charge in [-0.3, -0.25) is 14.9 Å². The summed E-state index contributed by atoms with van der Waals surface area (Å²) in [5, 5.41) is 11.4. The Hall–Kier alpha value is -3.30. The molecule has 0 aliphatic carbocycles. The van der Waals surface area contributed by atoms with Crippen LogP contribution in [0.3, 0.4) is 0 Å². The summed E-state index contributed by atoms with van der Waals surface area (Å²) in [6, 6.07) is 9.96. The van der Waals surface area contributed by atoms with Crippen molar-refractivity contribution in [1.29, 1.82) is 0 Å². The van der Waals surface area contributed by atoms with Gasteiger partial charge >= 0.3 is 6.18 Å². The maximum Gasteiger partial charge on any atom is 0.416 e. The highest BCUT2D eigenvalue weighted by Gasteiger charge is 2.35. The molecule has 32 heavy (non-hydrogen) atoms. The second-order valence-corrected chi connectivity index (χ2v) is 7.76. The Morgan fingerprint density at radius 3 is 2.34 bits per heavy atom. The molecule has 0 N–H and O–H groups in total. The highest BCUT2D eigenvalue weighted by Crippen LogP contribution is 2.37. The van der Waals surface area contributed by atoms with E-state index >= 15 is 0 Å². The molecule has 10 heteroatoms. The lowest BCUT2D eigenvalue weighted by Crippen LogP contribution is -2.41. The number of nitrogens with zero attached hydrogens (tertiary/aromatic N) is 3. The highest BCUT2D eigenvalue weighted by molar-refractivity contribution is 5.79. The number of carbonyl (C=O) groups is 1. The fourth-order valence-corrected chi connectivity index (χ4v) is 3.88. The minimum atomic E-state index is -4.66. The van der Waals surface area contributed by atoms with E-state index in [0.29, 0.717) is 38.5 Å². The number of piperidine rings is 1. The third kappa shape index (κ3) is 5.30. The topological polar surface area (TPSA) is 75.9 Å². The first-order valence-corrected chi connectivity index (χ1v) is 10.1. The smallest absolute Gasteiger partial charge is 0.416 e. The number of alkyl halides is 3. The molecule has 2 aromatic carbocycles. The average molecular weight is 451 g/mol. The van der Waals surface area contributed by atoms with Crippen molar-refractivity contribution in [3.05, 3.63) is 63.7 Å². The molecule has 1 aliphatic heterocycles. The molecule has 172 valence electrons. The number of ether oxygens (including phenoxy) is 1. The van der Waals surface area contributed by atoms with Gasteiger partial charge in [0.25, 0.3) is 5.69 Å². The fraction of sp³-hybridized carbons (Fsp3) is 0.409. The van der Waals surface area contributed by atoms with Crippen molar-refractivity contribution in [2.45, 2.75) is 25.6 Å². The standard InChI is InChI=1S/C22H24F3N3O4/c1-26(14-15-3-6-18(32-2)7-4-15)21(29)16-9-11-27(12-10-16)19-8-5-17(22(23,24)25)13-20(19)28(30)31/h3-8,13,16H,9-12,14H2,1-2H3. The molecule has 0 saturated carbocycles. The van der Waals surface area contributed by atoms with Gasteiger partial charge in [0.05, 0.1) is 17.6 Å². The number of nitro benzene ring substituents is 1. The lowest BCUT2D eigenvalue weighted by Gasteiger charge is -2.34. The number of hydrogen-bond acceptors (Lipinski definition) is 5. The van der Waals surface area contributed by atoms with Crippen molar-refractivity contribution in [1.82, 2.24) is 4.90 Å². The van der Waals surface area contributed by atoms with Gasteiger partial charge in [-0.05, 0) is 42.7 Å². The number of amides is 1. The molecule has 1 aliphatic rings. The van der Waals surface area contributed by atoms with E-state index in [1.165, 1.54) is 0 Å². The quantitative estimate of drug-likeness (QED) is 0.478. The fourth-order valence-electron chi connectivity index (χ4n) is 3.88. The summed E-state index contributed by atoms with van der Waals surface area (Å²) in [5.74, 6) is 0.456. The van der Waals surface area contributed by atoms with Crippen LogP contribution in [0.15, 0.2) is 42.5 Å². The molecule has 7 nitrogen and oxygen atoms in total. The molecule has 0 spiro atoms. The molecule has 0 bridgehead atoms. The van der Waals surface area contributed by atoms with Crippen LogP contribution in [0.25, 0.3) is 0 Å². The summed E-state index contributed by atoms with van der Waals surface area (Å²) in [5.41, 5.74) is -0.542. The first-order valence-electron chi connectivity index (χ1n) is 10.1. The van der Waals surface area contributed by atoms with Crippen LogP contribution in [0.1, 0.15) is 24.0 Å². The zero-order chi connectivity index (χ0) is 23.5. The number of hydrogen-bond donors (Lipinski definition) is 0. The second kappa shape index (κ2) is 9.46. The van der Waals surface area contributed by atoms with Crippen LogP contribution in [-0.2, 0) is 17.5 Å². The van der Waals surface area contributed by atoms with Gasteiger partial charge in [0.1, 0.15) is 11.4 Å². The zero-order valence-corrected chi connectivity index (χ0v) is 17.8. The summed E-state index contributed by atoms with van der Waals surface area (Å²) in [6.07, 6.45) is -3.73. The van der Waals surface area contributed by atoms with Crippen LogP contribution < -0.4 is 9.64 Å². The summed E-state index contributed by atoms with van der Waals surface area (Å²) >= 11 is 0. The molecule has 0 radical (unpaired) electrons. The van der Waals surface area contributed by atoms with Crippen molar-refractivity contribution in [2.75, 3.05) is 32.1 Å². The van der Waals surface area contributed by atoms with Crippen molar-refractivity contribution in [3.63, 3.8) is 0 Å². The van der Waals surface area contributed by atoms with Crippen LogP contribution in [0.4, 0.5) is 24.5 Å². The molecular weight excluding hydrogens is 427 g/mol. The summed E-state index contributed by atoms with van der Waals surface area (Å²) in [6.45, 7) is 1.13. The van der Waals surface area contributed by atoms with Crippen LogP contribution >= 0.6 is 0 Å². The number of carbonyl (C=O) groups excluding carboxylic acids is 1. The average Bonchev–Trinajstić information content (AvgIpc) is 2.78. The van der Waals surface area contributed by atoms with E-state index in [-0.39, 0.29) is 17.5 Å². The summed E-state index contributed by atoms with van der Waals surface area (Å²) < 4.78 is 43.9. The molecule has 0 unspecified atom stereocenters. The molecule has 1 fully saturated rings. The van der Waals surface area contributed by atoms with E-state index in [2.05, 4.69) is 0 Å². The number of rotatable bonds is 6. The number of benzene rings is 2. The SMILES string of the molecule is COc1ccc(CN(C)C(=O)C2CCN(c3ccc(C(F)(F)F)cc3[N+](=O)[O-])CC2)cc1. The molecule has 3 rings (SSSR count). The van der Waals surface area contributed by atoms with Gasteiger partial charge in [-0.2, -0.15) is 13.2 Å². The first kappa shape index (κ1) is 23.4. The van der Waals surface area contributed by atoms with Gasteiger partial charge in [-0.15, -0.1) is 0 Å². The molecule has 0 atom stereocenters. The number of methoxy groups -OCH3 is 1. The van der Waals surface area contributed by atoms with Crippen molar-refractivity contribution in [2.24, 2.45) is 5.92 Å². The maximum atomic E-state index is 12.9. The van der Waals surface area contributed by atoms with Gasteiger partial charge in [-0.1, -0.05) is 12.1 Å². The van der Waals surface area contributed by atoms with E-state index in [1.54, 1.807) is 24.0 Å². The van der Waals surface area contributed by atoms with E-state index in [4.69, 9.17) is 4.74 Å². The predicted molar refractivity (Wildman–Crippen MR) is 113 cm³/mol. The molecule has 1 saturated heterocycles. The van der Waals surface area contributed by atoms with Gasteiger partial charge in [0.15, 0.2) is 0 Å². The molecule has 1 heterocycles. The Bertz CT molecular complexity index is 971. The Morgan fingerprint density at radius 1 is 1.19 bits per heavy atom. The van der Waals surface area contributed by atoms with E-state index in [0.717, 1.165) is 23.4 Å². The Labute approximate surface area is 183 Å². The van der Waals surface area contributed by atoms with Crippen molar-refractivity contribution < 1.29 is 27.6 Å². The predicted octanol–water partition coefficient (Wildman–Crippen LogP) is 4.50. The Kier molecular flexibility index (Phi) is 6.90.